The van der Waals surface area contributed by atoms with Crippen LogP contribution >= 0.6 is 0 Å². The van der Waals surface area contributed by atoms with Crippen molar-refractivity contribution in [2.45, 2.75) is 44.9 Å². The molecule has 0 bridgehead atoms. The summed E-state index contributed by atoms with van der Waals surface area (Å²) >= 11 is 0. The van der Waals surface area contributed by atoms with Gasteiger partial charge in [-0.3, -0.25) is 0 Å². The van der Waals surface area contributed by atoms with Crippen LogP contribution in [0, 0.1) is 0 Å². The number of unbranched alkanes of at least 4 members (excludes halogenated alkanes) is 6. The van der Waals surface area contributed by atoms with Crippen molar-refractivity contribution < 1.29 is 19.1 Å². The van der Waals surface area contributed by atoms with Crippen molar-refractivity contribution >= 4 is 11.9 Å². The molecule has 0 atom stereocenters. The van der Waals surface area contributed by atoms with Crippen LogP contribution in [0.25, 0.3) is 0 Å². The van der Waals surface area contributed by atoms with Gasteiger partial charge in [0.2, 0.25) is 0 Å². The Kier molecular flexibility index (Phi) is 10.3. The molecule has 0 aromatic heterocycles. The monoisotopic (exact) mass is 318 g/mol. The third-order valence-electron chi connectivity index (χ3n) is 3.46. The van der Waals surface area contributed by atoms with Crippen LogP contribution in [0.15, 0.2) is 42.5 Å². The van der Waals surface area contributed by atoms with Crippen molar-refractivity contribution in [2.75, 3.05) is 13.7 Å². The highest BCUT2D eigenvalue weighted by atomic mass is 16.5. The van der Waals surface area contributed by atoms with Crippen molar-refractivity contribution in [1.29, 1.82) is 0 Å². The average molecular weight is 318 g/mol. The smallest absolute Gasteiger partial charge is 0.338 e. The van der Waals surface area contributed by atoms with E-state index in [1.54, 1.807) is 12.1 Å². The van der Waals surface area contributed by atoms with Gasteiger partial charge in [-0.2, -0.15) is 0 Å². The first kappa shape index (κ1) is 18.9. The van der Waals surface area contributed by atoms with E-state index in [0.717, 1.165) is 38.5 Å². The molecule has 0 spiro atoms. The number of esters is 2. The molecule has 126 valence electrons. The van der Waals surface area contributed by atoms with E-state index in [0.29, 0.717) is 12.2 Å². The van der Waals surface area contributed by atoms with Crippen LogP contribution in [0.1, 0.15) is 55.3 Å². The van der Waals surface area contributed by atoms with E-state index >= 15 is 0 Å². The molecule has 1 aromatic carbocycles. The summed E-state index contributed by atoms with van der Waals surface area (Å²) in [7, 11) is 1.38. The minimum atomic E-state index is -0.296. The van der Waals surface area contributed by atoms with Gasteiger partial charge in [0.25, 0.3) is 0 Å². The molecule has 0 fully saturated rings. The first-order valence-electron chi connectivity index (χ1n) is 8.20. The molecule has 1 aromatic rings. The lowest BCUT2D eigenvalue weighted by atomic mass is 10.1. The fourth-order valence-corrected chi connectivity index (χ4v) is 2.14. The van der Waals surface area contributed by atoms with Gasteiger partial charge in [0.05, 0.1) is 19.3 Å². The molecular weight excluding hydrogens is 292 g/mol. The lowest BCUT2D eigenvalue weighted by molar-refractivity contribution is -0.134. The molecule has 23 heavy (non-hydrogen) atoms. The van der Waals surface area contributed by atoms with Crippen LogP contribution in [-0.4, -0.2) is 25.7 Å². The second kappa shape index (κ2) is 12.4. The minimum Gasteiger partial charge on any atom is -0.466 e. The zero-order valence-corrected chi connectivity index (χ0v) is 13.8. The SMILES string of the molecule is COC(=O)/C=C\CCCCCCCCOC(=O)c1ccccc1. The molecular formula is C19H26O4. The van der Waals surface area contributed by atoms with Gasteiger partial charge in [0, 0.05) is 6.08 Å². The Morgan fingerprint density at radius 1 is 0.957 bits per heavy atom. The van der Waals surface area contributed by atoms with E-state index < -0.39 is 0 Å². The molecule has 0 saturated carbocycles. The lowest BCUT2D eigenvalue weighted by Crippen LogP contribution is -2.06. The van der Waals surface area contributed by atoms with Gasteiger partial charge in [-0.05, 0) is 31.4 Å². The molecule has 0 aliphatic rings. The fourth-order valence-electron chi connectivity index (χ4n) is 2.14. The number of methoxy groups -OCH3 is 1. The van der Waals surface area contributed by atoms with Gasteiger partial charge in [0.15, 0.2) is 0 Å². The molecule has 0 aliphatic carbocycles. The molecule has 0 saturated heterocycles. The Hall–Kier alpha value is -2.10. The van der Waals surface area contributed by atoms with Crippen molar-refractivity contribution in [3.63, 3.8) is 0 Å². The van der Waals surface area contributed by atoms with Crippen molar-refractivity contribution in [1.82, 2.24) is 0 Å². The van der Waals surface area contributed by atoms with E-state index in [1.165, 1.54) is 19.6 Å². The first-order valence-corrected chi connectivity index (χ1v) is 8.20. The van der Waals surface area contributed by atoms with E-state index in [2.05, 4.69) is 4.74 Å². The third kappa shape index (κ3) is 9.51. The van der Waals surface area contributed by atoms with E-state index in [9.17, 15) is 9.59 Å². The topological polar surface area (TPSA) is 52.6 Å². The number of hydrogen-bond acceptors (Lipinski definition) is 4. The van der Waals surface area contributed by atoms with E-state index in [1.807, 2.05) is 24.3 Å². The molecule has 0 unspecified atom stereocenters. The average Bonchev–Trinajstić information content (AvgIpc) is 2.59. The Morgan fingerprint density at radius 2 is 1.61 bits per heavy atom. The van der Waals surface area contributed by atoms with Crippen molar-refractivity contribution in [2.24, 2.45) is 0 Å². The highest BCUT2D eigenvalue weighted by Gasteiger charge is 2.04. The number of carbonyl (C=O) groups is 2. The molecule has 1 rings (SSSR count). The van der Waals surface area contributed by atoms with Gasteiger partial charge in [-0.15, -0.1) is 0 Å². The van der Waals surface area contributed by atoms with E-state index in [4.69, 9.17) is 4.74 Å². The Bertz CT molecular complexity index is 479. The molecule has 0 aliphatic heterocycles. The van der Waals surface area contributed by atoms with Crippen molar-refractivity contribution in [3.05, 3.63) is 48.0 Å². The van der Waals surface area contributed by atoms with Crippen LogP contribution in [-0.2, 0) is 14.3 Å². The summed E-state index contributed by atoms with van der Waals surface area (Å²) < 4.78 is 9.75. The Labute approximate surface area is 138 Å². The van der Waals surface area contributed by atoms with Gasteiger partial charge in [-0.25, -0.2) is 9.59 Å². The van der Waals surface area contributed by atoms with Crippen LogP contribution in [0.2, 0.25) is 0 Å². The molecule has 0 amide bonds. The summed E-state index contributed by atoms with van der Waals surface area (Å²) in [6.07, 6.45) is 10.7. The predicted molar refractivity (Wildman–Crippen MR) is 90.2 cm³/mol. The van der Waals surface area contributed by atoms with Gasteiger partial charge < -0.3 is 9.47 Å². The van der Waals surface area contributed by atoms with Gasteiger partial charge in [-0.1, -0.05) is 50.0 Å². The summed E-state index contributed by atoms with van der Waals surface area (Å²) in [6.45, 7) is 0.482. The largest absolute Gasteiger partial charge is 0.466 e. The van der Waals surface area contributed by atoms with Gasteiger partial charge in [0.1, 0.15) is 0 Å². The maximum Gasteiger partial charge on any atom is 0.338 e. The summed E-state index contributed by atoms with van der Waals surface area (Å²) in [5.74, 6) is -0.543. The normalized spacial score (nSPS) is 10.7. The minimum absolute atomic E-state index is 0.247. The summed E-state index contributed by atoms with van der Waals surface area (Å²) in [6, 6.07) is 9.06. The highest BCUT2D eigenvalue weighted by molar-refractivity contribution is 5.89. The van der Waals surface area contributed by atoms with Crippen molar-refractivity contribution in [3.8, 4) is 0 Å². The molecule has 0 radical (unpaired) electrons. The second-order valence-corrected chi connectivity index (χ2v) is 5.34. The quantitative estimate of drug-likeness (QED) is 0.347. The zero-order chi connectivity index (χ0) is 16.8. The maximum atomic E-state index is 11.7. The standard InChI is InChI=1S/C19H26O4/c1-22-18(20)15-11-6-4-2-3-5-7-12-16-23-19(21)17-13-9-8-10-14-17/h8-11,13-15H,2-7,12,16H2,1H3/b15-11-. The molecule has 0 N–H and O–H groups in total. The number of allylic oxidation sites excluding steroid dienone is 1. The number of carbonyl (C=O) groups excluding carboxylic acids is 2. The highest BCUT2D eigenvalue weighted by Crippen LogP contribution is 2.08. The lowest BCUT2D eigenvalue weighted by Gasteiger charge is -2.04. The fraction of sp³-hybridized carbons (Fsp3) is 0.474. The number of ether oxygens (including phenoxy) is 2. The number of rotatable bonds is 11. The second-order valence-electron chi connectivity index (χ2n) is 5.34. The van der Waals surface area contributed by atoms with Crippen LogP contribution in [0.5, 0.6) is 0 Å². The Balaban J connectivity index is 1.91. The number of benzene rings is 1. The van der Waals surface area contributed by atoms with Gasteiger partial charge >= 0.3 is 11.9 Å². The summed E-state index contributed by atoms with van der Waals surface area (Å²) in [5, 5.41) is 0. The Morgan fingerprint density at radius 3 is 2.30 bits per heavy atom. The molecule has 0 heterocycles. The maximum absolute atomic E-state index is 11.7. The molecule has 4 nitrogen and oxygen atoms in total. The van der Waals surface area contributed by atoms with Crippen LogP contribution in [0.3, 0.4) is 0 Å². The molecule has 4 heteroatoms. The third-order valence-corrected chi connectivity index (χ3v) is 3.46. The summed E-state index contributed by atoms with van der Waals surface area (Å²) in [4.78, 5) is 22.5. The zero-order valence-electron chi connectivity index (χ0n) is 13.8. The number of hydrogen-bond donors (Lipinski definition) is 0. The summed E-state index contributed by atoms with van der Waals surface area (Å²) in [5.41, 5.74) is 0.604. The van der Waals surface area contributed by atoms with Crippen LogP contribution < -0.4 is 0 Å². The first-order chi connectivity index (χ1) is 11.2. The van der Waals surface area contributed by atoms with E-state index in [-0.39, 0.29) is 11.9 Å². The van der Waals surface area contributed by atoms with Crippen LogP contribution in [0.4, 0.5) is 0 Å². The predicted octanol–water partition coefficient (Wildman–Crippen LogP) is 4.30.